The SMILES string of the molecule is N#Cc1ccc(OCc2nccc(OC3CCC4(CC3)CC4c3nc4ccc(C(=O)O)cc4n3C[C@@H]3CCO3)n2)c(F)c1. The summed E-state index contributed by atoms with van der Waals surface area (Å²) in [6.45, 7) is 1.42. The molecule has 2 saturated carbocycles. The Morgan fingerprint density at radius 3 is 2.72 bits per heavy atom. The number of nitriles is 1. The average Bonchev–Trinajstić information content (AvgIpc) is 3.56. The van der Waals surface area contributed by atoms with Gasteiger partial charge in [0.05, 0.1) is 40.9 Å². The van der Waals surface area contributed by atoms with Crippen molar-refractivity contribution < 1.29 is 28.5 Å². The fourth-order valence-corrected chi connectivity index (χ4v) is 6.43. The molecule has 220 valence electrons. The van der Waals surface area contributed by atoms with Crippen molar-refractivity contribution in [2.45, 2.75) is 69.8 Å². The Bertz CT molecular complexity index is 1740. The van der Waals surface area contributed by atoms with Gasteiger partial charge in [-0.2, -0.15) is 10.2 Å². The first-order valence-corrected chi connectivity index (χ1v) is 14.6. The standard InChI is InChI=1S/C32H30FN5O5/c33-24-13-19(16-34)1-4-27(24)42-18-28-35-11-7-29(37-28)43-21-5-9-32(10-6-21)15-23(32)30-36-25-3-2-20(31(39)40)14-26(25)38(30)17-22-8-12-41-22/h1-4,7,11,13-14,21-23H,5-6,8-10,12,15,17-18H2,(H,39,40)/t21?,22-,23?,32?/m0/s1. The van der Waals surface area contributed by atoms with E-state index in [2.05, 4.69) is 14.5 Å². The number of carboxylic acids is 1. The van der Waals surface area contributed by atoms with Gasteiger partial charge in [0.15, 0.2) is 17.4 Å². The summed E-state index contributed by atoms with van der Waals surface area (Å²) in [4.78, 5) is 25.3. The molecule has 10 nitrogen and oxygen atoms in total. The third kappa shape index (κ3) is 5.39. The van der Waals surface area contributed by atoms with Crippen molar-refractivity contribution in [3.63, 3.8) is 0 Å². The molecule has 0 bridgehead atoms. The van der Waals surface area contributed by atoms with Gasteiger partial charge in [-0.1, -0.05) is 0 Å². The number of halogens is 1. The lowest BCUT2D eigenvalue weighted by molar-refractivity contribution is -0.0590. The molecule has 2 aromatic heterocycles. The van der Waals surface area contributed by atoms with Crippen LogP contribution in [-0.4, -0.2) is 49.4 Å². The number of carbonyl (C=O) groups is 1. The summed E-state index contributed by atoms with van der Waals surface area (Å²) in [5, 5.41) is 18.5. The summed E-state index contributed by atoms with van der Waals surface area (Å²) in [6, 6.07) is 12.8. The molecule has 1 aliphatic heterocycles. The Balaban J connectivity index is 0.996. The van der Waals surface area contributed by atoms with Crippen molar-refractivity contribution in [3.8, 4) is 17.7 Å². The Labute approximate surface area is 247 Å². The highest BCUT2D eigenvalue weighted by molar-refractivity contribution is 5.92. The minimum absolute atomic E-state index is 0.0202. The van der Waals surface area contributed by atoms with Crippen molar-refractivity contribution >= 4 is 17.0 Å². The largest absolute Gasteiger partial charge is 0.483 e. The molecule has 11 heteroatoms. The van der Waals surface area contributed by atoms with E-state index < -0.39 is 11.8 Å². The molecule has 0 amide bonds. The Hall–Kier alpha value is -4.56. The van der Waals surface area contributed by atoms with E-state index in [1.165, 1.54) is 12.1 Å². The number of ether oxygens (including phenoxy) is 3. The van der Waals surface area contributed by atoms with Crippen LogP contribution >= 0.6 is 0 Å². The third-order valence-electron chi connectivity index (χ3n) is 9.02. The summed E-state index contributed by atoms with van der Waals surface area (Å²) in [7, 11) is 0. The molecule has 2 aliphatic carbocycles. The number of hydrogen-bond donors (Lipinski definition) is 1. The van der Waals surface area contributed by atoms with Crippen molar-refractivity contribution in [3.05, 3.63) is 77.3 Å². The van der Waals surface area contributed by atoms with Crippen LogP contribution in [0.3, 0.4) is 0 Å². The topological polar surface area (TPSA) is 132 Å². The predicted molar refractivity (Wildman–Crippen MR) is 151 cm³/mol. The van der Waals surface area contributed by atoms with Crippen molar-refractivity contribution in [2.24, 2.45) is 5.41 Å². The number of rotatable bonds is 9. The number of imidazole rings is 1. The average molecular weight is 584 g/mol. The number of benzene rings is 2. The van der Waals surface area contributed by atoms with Crippen LogP contribution < -0.4 is 9.47 Å². The van der Waals surface area contributed by atoms with E-state index in [9.17, 15) is 14.3 Å². The van der Waals surface area contributed by atoms with Crippen molar-refractivity contribution in [1.29, 1.82) is 5.26 Å². The number of nitrogens with zero attached hydrogens (tertiary/aromatic N) is 5. The van der Waals surface area contributed by atoms with Gasteiger partial charge in [-0.15, -0.1) is 0 Å². The number of hydrogen-bond acceptors (Lipinski definition) is 8. The van der Waals surface area contributed by atoms with E-state index in [-0.39, 0.29) is 41.1 Å². The van der Waals surface area contributed by atoms with E-state index in [1.807, 2.05) is 12.1 Å². The van der Waals surface area contributed by atoms with E-state index in [0.717, 1.165) is 68.1 Å². The summed E-state index contributed by atoms with van der Waals surface area (Å²) >= 11 is 0. The van der Waals surface area contributed by atoms with Gasteiger partial charge in [-0.3, -0.25) is 0 Å². The van der Waals surface area contributed by atoms with Crippen LogP contribution in [0.25, 0.3) is 11.0 Å². The summed E-state index contributed by atoms with van der Waals surface area (Å²) in [5.41, 5.74) is 2.34. The second-order valence-electron chi connectivity index (χ2n) is 11.7. The lowest BCUT2D eigenvalue weighted by atomic mass is 9.82. The molecule has 1 unspecified atom stereocenters. The molecule has 4 aromatic rings. The van der Waals surface area contributed by atoms with E-state index in [1.54, 1.807) is 24.4 Å². The second-order valence-corrected chi connectivity index (χ2v) is 11.7. The molecule has 43 heavy (non-hydrogen) atoms. The van der Waals surface area contributed by atoms with Gasteiger partial charge in [0.1, 0.15) is 18.5 Å². The molecular weight excluding hydrogens is 553 g/mol. The summed E-state index contributed by atoms with van der Waals surface area (Å²) < 4.78 is 33.8. The Morgan fingerprint density at radius 1 is 1.16 bits per heavy atom. The molecule has 3 aliphatic rings. The van der Waals surface area contributed by atoms with Crippen LogP contribution in [0.15, 0.2) is 48.7 Å². The van der Waals surface area contributed by atoms with Crippen molar-refractivity contribution in [2.75, 3.05) is 6.61 Å². The Kier molecular flexibility index (Phi) is 6.94. The highest BCUT2D eigenvalue weighted by Crippen LogP contribution is 2.66. The van der Waals surface area contributed by atoms with Crippen LogP contribution in [0.5, 0.6) is 11.6 Å². The molecule has 1 saturated heterocycles. The summed E-state index contributed by atoms with van der Waals surface area (Å²) in [6.07, 6.45) is 7.59. The number of fused-ring (bicyclic) bond motifs is 1. The zero-order valence-corrected chi connectivity index (χ0v) is 23.4. The molecule has 2 atom stereocenters. The fourth-order valence-electron chi connectivity index (χ4n) is 6.43. The third-order valence-corrected chi connectivity index (χ3v) is 9.02. The minimum Gasteiger partial charge on any atom is -0.483 e. The first kappa shape index (κ1) is 27.3. The second kappa shape index (κ2) is 10.9. The normalized spacial score (nSPS) is 24.3. The van der Waals surface area contributed by atoms with Gasteiger partial charge in [0.25, 0.3) is 0 Å². The van der Waals surface area contributed by atoms with Crippen LogP contribution in [0.1, 0.15) is 72.0 Å². The van der Waals surface area contributed by atoms with Gasteiger partial charge in [-0.05, 0) is 80.3 Å². The van der Waals surface area contributed by atoms with Gasteiger partial charge in [0, 0.05) is 24.8 Å². The number of carboxylic acid groups (broad SMARTS) is 1. The maximum Gasteiger partial charge on any atom is 0.335 e. The molecule has 7 rings (SSSR count). The van der Waals surface area contributed by atoms with E-state index in [0.29, 0.717) is 24.2 Å². The van der Waals surface area contributed by atoms with Crippen LogP contribution in [0.2, 0.25) is 0 Å². The smallest absolute Gasteiger partial charge is 0.335 e. The van der Waals surface area contributed by atoms with Gasteiger partial charge in [-0.25, -0.2) is 19.2 Å². The molecule has 1 spiro atoms. The fraction of sp³-hybridized carbons (Fsp3) is 0.406. The molecular formula is C32H30FN5O5. The van der Waals surface area contributed by atoms with E-state index >= 15 is 0 Å². The van der Waals surface area contributed by atoms with Crippen LogP contribution in [0.4, 0.5) is 4.39 Å². The summed E-state index contributed by atoms with van der Waals surface area (Å²) in [5.74, 6) is 0.654. The maximum absolute atomic E-state index is 14.2. The van der Waals surface area contributed by atoms with E-state index in [4.69, 9.17) is 24.5 Å². The van der Waals surface area contributed by atoms with Gasteiger partial charge >= 0.3 is 5.97 Å². The maximum atomic E-state index is 14.2. The predicted octanol–water partition coefficient (Wildman–Crippen LogP) is 5.40. The molecule has 0 radical (unpaired) electrons. The lowest BCUT2D eigenvalue weighted by Crippen LogP contribution is -2.32. The first-order valence-electron chi connectivity index (χ1n) is 14.6. The van der Waals surface area contributed by atoms with Crippen molar-refractivity contribution in [1.82, 2.24) is 19.5 Å². The molecule has 1 N–H and O–H groups in total. The quantitative estimate of drug-likeness (QED) is 0.275. The molecule has 3 heterocycles. The zero-order chi connectivity index (χ0) is 29.6. The highest BCUT2D eigenvalue weighted by Gasteiger charge is 2.57. The minimum atomic E-state index is -0.944. The molecule has 3 fully saturated rings. The van der Waals surface area contributed by atoms with Gasteiger partial charge in [0.2, 0.25) is 5.88 Å². The lowest BCUT2D eigenvalue weighted by Gasteiger charge is -2.30. The van der Waals surface area contributed by atoms with Crippen LogP contribution in [0, 0.1) is 22.6 Å². The zero-order valence-electron chi connectivity index (χ0n) is 23.4. The Morgan fingerprint density at radius 2 is 2.00 bits per heavy atom. The molecule has 2 aromatic carbocycles. The van der Waals surface area contributed by atoms with Gasteiger partial charge < -0.3 is 23.9 Å². The monoisotopic (exact) mass is 583 g/mol. The number of aromatic nitrogens is 4. The van der Waals surface area contributed by atoms with Crippen LogP contribution in [-0.2, 0) is 17.9 Å². The highest BCUT2D eigenvalue weighted by atomic mass is 19.1. The first-order chi connectivity index (χ1) is 20.9. The number of aromatic carboxylic acids is 1.